The van der Waals surface area contributed by atoms with Gasteiger partial charge in [0.05, 0.1) is 23.0 Å². The van der Waals surface area contributed by atoms with E-state index in [1.165, 1.54) is 6.92 Å². The fraction of sp³-hybridized carbons (Fsp3) is 0.381. The fourth-order valence-corrected chi connectivity index (χ4v) is 3.72. The lowest BCUT2D eigenvalue weighted by Crippen LogP contribution is -2.37. The molecule has 0 saturated carbocycles. The molecule has 0 aromatic carbocycles. The molecule has 1 aliphatic heterocycles. The molecule has 1 fully saturated rings. The number of carbonyl (C=O) groups is 1. The second-order valence-corrected chi connectivity index (χ2v) is 7.76. The van der Waals surface area contributed by atoms with Gasteiger partial charge in [0.15, 0.2) is 5.82 Å². The minimum Gasteiger partial charge on any atom is -0.342 e. The first-order chi connectivity index (χ1) is 15.2. The highest BCUT2D eigenvalue weighted by Gasteiger charge is 2.31. The number of anilines is 2. The van der Waals surface area contributed by atoms with Crippen LogP contribution in [0.4, 0.5) is 24.8 Å². The number of nitrogens with one attached hydrogen (secondary N) is 1. The first-order valence-corrected chi connectivity index (χ1v) is 10.1. The van der Waals surface area contributed by atoms with Gasteiger partial charge in [-0.3, -0.25) is 9.48 Å². The molecule has 1 N–H and O–H groups in total. The van der Waals surface area contributed by atoms with E-state index in [1.54, 1.807) is 35.1 Å². The molecule has 168 valence electrons. The summed E-state index contributed by atoms with van der Waals surface area (Å²) in [4.78, 5) is 26.8. The van der Waals surface area contributed by atoms with Gasteiger partial charge in [-0.1, -0.05) is 0 Å². The number of halogens is 3. The van der Waals surface area contributed by atoms with Gasteiger partial charge < -0.3 is 10.2 Å². The predicted molar refractivity (Wildman–Crippen MR) is 111 cm³/mol. The number of amides is 1. The topological polar surface area (TPSA) is 88.8 Å². The standard InChI is InChI=1S/C21H22F3N7O/c1-13(32)31-7-3-4-14(12-31)17-9-19(29-20(27-17)15-10-26-30(2)11-15)28-18-8-16(5-6-25-18)21(22,23)24/h5-6,8-11,14H,3-4,7,12H2,1-2H3,(H,25,27,28,29). The summed E-state index contributed by atoms with van der Waals surface area (Å²) in [5, 5.41) is 7.03. The molecule has 4 rings (SSSR count). The van der Waals surface area contributed by atoms with Crippen molar-refractivity contribution in [3.05, 3.63) is 48.0 Å². The van der Waals surface area contributed by atoms with Gasteiger partial charge in [0, 0.05) is 51.4 Å². The van der Waals surface area contributed by atoms with Crippen LogP contribution < -0.4 is 5.32 Å². The van der Waals surface area contributed by atoms with Gasteiger partial charge in [-0.25, -0.2) is 15.0 Å². The van der Waals surface area contributed by atoms with Crippen LogP contribution in [-0.2, 0) is 18.0 Å². The molecule has 0 spiro atoms. The van der Waals surface area contributed by atoms with E-state index in [1.807, 2.05) is 0 Å². The molecule has 0 bridgehead atoms. The first-order valence-electron chi connectivity index (χ1n) is 10.1. The number of carbonyl (C=O) groups excluding carboxylic acids is 1. The van der Waals surface area contributed by atoms with Crippen molar-refractivity contribution in [1.29, 1.82) is 0 Å². The highest BCUT2D eigenvalue weighted by molar-refractivity contribution is 5.73. The summed E-state index contributed by atoms with van der Waals surface area (Å²) in [7, 11) is 1.77. The Morgan fingerprint density at radius 3 is 2.72 bits per heavy atom. The first kappa shape index (κ1) is 21.7. The van der Waals surface area contributed by atoms with Crippen LogP contribution in [-0.4, -0.2) is 48.6 Å². The van der Waals surface area contributed by atoms with Gasteiger partial charge in [0.2, 0.25) is 5.91 Å². The average molecular weight is 445 g/mol. The van der Waals surface area contributed by atoms with Crippen molar-refractivity contribution in [1.82, 2.24) is 29.6 Å². The van der Waals surface area contributed by atoms with Gasteiger partial charge >= 0.3 is 6.18 Å². The van der Waals surface area contributed by atoms with Crippen molar-refractivity contribution >= 4 is 17.5 Å². The van der Waals surface area contributed by atoms with Crippen LogP contribution in [0.15, 0.2) is 36.8 Å². The van der Waals surface area contributed by atoms with E-state index in [-0.39, 0.29) is 17.6 Å². The van der Waals surface area contributed by atoms with E-state index >= 15 is 0 Å². The van der Waals surface area contributed by atoms with E-state index in [0.717, 1.165) is 31.2 Å². The number of nitrogens with zero attached hydrogens (tertiary/aromatic N) is 6. The third kappa shape index (κ3) is 4.87. The summed E-state index contributed by atoms with van der Waals surface area (Å²) in [5.41, 5.74) is 0.578. The minimum atomic E-state index is -4.48. The summed E-state index contributed by atoms with van der Waals surface area (Å²) in [6.45, 7) is 2.77. The average Bonchev–Trinajstić information content (AvgIpc) is 3.19. The third-order valence-electron chi connectivity index (χ3n) is 5.34. The number of alkyl halides is 3. The van der Waals surface area contributed by atoms with Crippen LogP contribution in [0.3, 0.4) is 0 Å². The lowest BCUT2D eigenvalue weighted by atomic mass is 9.94. The van der Waals surface area contributed by atoms with Gasteiger partial charge in [-0.15, -0.1) is 0 Å². The Kier molecular flexibility index (Phi) is 5.81. The zero-order chi connectivity index (χ0) is 22.9. The quantitative estimate of drug-likeness (QED) is 0.658. The molecule has 8 nitrogen and oxygen atoms in total. The zero-order valence-electron chi connectivity index (χ0n) is 17.6. The van der Waals surface area contributed by atoms with Gasteiger partial charge in [0.1, 0.15) is 11.6 Å². The van der Waals surface area contributed by atoms with Gasteiger partial charge in [-0.2, -0.15) is 18.3 Å². The van der Waals surface area contributed by atoms with Gasteiger partial charge in [0.25, 0.3) is 0 Å². The normalized spacial score (nSPS) is 16.8. The second kappa shape index (κ2) is 8.56. The molecule has 1 atom stereocenters. The third-order valence-corrected chi connectivity index (χ3v) is 5.34. The molecule has 1 saturated heterocycles. The fourth-order valence-electron chi connectivity index (χ4n) is 3.72. The number of likely N-dealkylation sites (tertiary alicyclic amines) is 1. The molecule has 11 heteroatoms. The summed E-state index contributed by atoms with van der Waals surface area (Å²) >= 11 is 0. The molecule has 1 amide bonds. The SMILES string of the molecule is CC(=O)N1CCCC(c2cc(Nc3cc(C(F)(F)F)ccn3)nc(-c3cnn(C)c3)n2)C1. The van der Waals surface area contributed by atoms with Gasteiger partial charge in [-0.05, 0) is 25.0 Å². The van der Waals surface area contributed by atoms with Crippen molar-refractivity contribution in [3.8, 4) is 11.4 Å². The Morgan fingerprint density at radius 2 is 2.03 bits per heavy atom. The molecule has 32 heavy (non-hydrogen) atoms. The van der Waals surface area contributed by atoms with E-state index < -0.39 is 11.7 Å². The maximum absolute atomic E-state index is 13.1. The Hall–Kier alpha value is -3.50. The summed E-state index contributed by atoms with van der Waals surface area (Å²) in [5.74, 6) is 0.727. The largest absolute Gasteiger partial charge is 0.416 e. The van der Waals surface area contributed by atoms with Crippen LogP contribution in [0, 0.1) is 0 Å². The molecule has 3 aromatic rings. The molecule has 0 radical (unpaired) electrons. The van der Waals surface area contributed by atoms with Crippen LogP contribution >= 0.6 is 0 Å². The maximum atomic E-state index is 13.1. The van der Waals surface area contributed by atoms with Crippen molar-refractivity contribution in [2.24, 2.45) is 7.05 Å². The number of hydrogen-bond donors (Lipinski definition) is 1. The highest BCUT2D eigenvalue weighted by atomic mass is 19.4. The summed E-state index contributed by atoms with van der Waals surface area (Å²) in [6, 6.07) is 3.55. The molecule has 1 aliphatic rings. The number of pyridine rings is 1. The van der Waals surface area contributed by atoms with E-state index in [4.69, 9.17) is 4.98 Å². The number of hydrogen-bond acceptors (Lipinski definition) is 6. The zero-order valence-corrected chi connectivity index (χ0v) is 17.6. The van der Waals surface area contributed by atoms with Crippen LogP contribution in [0.2, 0.25) is 0 Å². The molecule has 4 heterocycles. The molecular formula is C21H22F3N7O. The molecule has 1 unspecified atom stereocenters. The number of piperidine rings is 1. The predicted octanol–water partition coefficient (Wildman–Crippen LogP) is 3.76. The van der Waals surface area contributed by atoms with E-state index in [9.17, 15) is 18.0 Å². The summed E-state index contributed by atoms with van der Waals surface area (Å²) in [6.07, 6.45) is 1.68. The lowest BCUT2D eigenvalue weighted by molar-refractivity contribution is -0.137. The Balaban J connectivity index is 1.70. The number of rotatable bonds is 4. The van der Waals surface area contributed by atoms with Crippen LogP contribution in [0.5, 0.6) is 0 Å². The monoisotopic (exact) mass is 445 g/mol. The van der Waals surface area contributed by atoms with Crippen molar-refractivity contribution in [2.75, 3.05) is 18.4 Å². The molecule has 0 aliphatic carbocycles. The minimum absolute atomic E-state index is 0.00255. The second-order valence-electron chi connectivity index (χ2n) is 7.76. The van der Waals surface area contributed by atoms with Crippen LogP contribution in [0.1, 0.15) is 36.9 Å². The molecule has 3 aromatic heterocycles. The highest BCUT2D eigenvalue weighted by Crippen LogP contribution is 2.32. The number of aryl methyl sites for hydroxylation is 1. The van der Waals surface area contributed by atoms with Crippen molar-refractivity contribution in [3.63, 3.8) is 0 Å². The van der Waals surface area contributed by atoms with Crippen LogP contribution in [0.25, 0.3) is 11.4 Å². The smallest absolute Gasteiger partial charge is 0.342 e. The van der Waals surface area contributed by atoms with E-state index in [2.05, 4.69) is 20.4 Å². The Morgan fingerprint density at radius 1 is 1.22 bits per heavy atom. The Bertz CT molecular complexity index is 1130. The van der Waals surface area contributed by atoms with Crippen molar-refractivity contribution < 1.29 is 18.0 Å². The summed E-state index contributed by atoms with van der Waals surface area (Å²) < 4.78 is 40.9. The van der Waals surface area contributed by atoms with E-state index in [0.29, 0.717) is 36.0 Å². The maximum Gasteiger partial charge on any atom is 0.416 e. The molecular weight excluding hydrogens is 423 g/mol. The van der Waals surface area contributed by atoms with Crippen molar-refractivity contribution in [2.45, 2.75) is 31.9 Å². The Labute approximate surface area is 182 Å². The lowest BCUT2D eigenvalue weighted by Gasteiger charge is -2.32. The number of aromatic nitrogens is 5.